The van der Waals surface area contributed by atoms with Crippen LogP contribution < -0.4 is 11.1 Å². The van der Waals surface area contributed by atoms with Gasteiger partial charge in [0.15, 0.2) is 0 Å². The molecule has 0 radical (unpaired) electrons. The van der Waals surface area contributed by atoms with Gasteiger partial charge < -0.3 is 16.2 Å². The van der Waals surface area contributed by atoms with Gasteiger partial charge in [0.25, 0.3) is 11.8 Å². The third-order valence-electron chi connectivity index (χ3n) is 5.91. The number of nitrogens with two attached hydrogens (primary N) is 1. The molecule has 0 aliphatic carbocycles. The highest BCUT2D eigenvalue weighted by atomic mass is 35.5. The van der Waals surface area contributed by atoms with Crippen LogP contribution in [0.5, 0.6) is 0 Å². The number of carboxylic acid groups (broad SMARTS) is 1. The molecule has 0 spiro atoms. The first-order valence-electron chi connectivity index (χ1n) is 11.3. The van der Waals surface area contributed by atoms with Crippen molar-refractivity contribution < 1.29 is 19.5 Å². The van der Waals surface area contributed by atoms with Crippen molar-refractivity contribution in [2.45, 2.75) is 6.54 Å². The number of nitrogens with one attached hydrogen (secondary N) is 1. The van der Waals surface area contributed by atoms with Crippen molar-refractivity contribution in [2.24, 2.45) is 5.73 Å². The van der Waals surface area contributed by atoms with Gasteiger partial charge in [-0.2, -0.15) is 0 Å². The Morgan fingerprint density at radius 2 is 1.59 bits per heavy atom. The second-order valence-corrected chi connectivity index (χ2v) is 11.0. The Balaban J connectivity index is 1.55. The van der Waals surface area contributed by atoms with Crippen molar-refractivity contribution in [1.29, 1.82) is 0 Å². The van der Waals surface area contributed by atoms with E-state index in [4.69, 9.17) is 45.6 Å². The van der Waals surface area contributed by atoms with Crippen LogP contribution in [0.3, 0.4) is 0 Å². The van der Waals surface area contributed by atoms with Crippen LogP contribution in [0.15, 0.2) is 42.5 Å². The fourth-order valence-electron chi connectivity index (χ4n) is 4.13. The average Bonchev–Trinajstić information content (AvgIpc) is 3.21. The summed E-state index contributed by atoms with van der Waals surface area (Å²) in [6.07, 6.45) is 0. The molecule has 8 nitrogen and oxygen atoms in total. The number of hydrogen-bond donors (Lipinski definition) is 3. The molecule has 1 aliphatic rings. The molecule has 0 saturated carbocycles. The largest absolute Gasteiger partial charge is 0.480 e. The highest BCUT2D eigenvalue weighted by molar-refractivity contribution is 7.14. The zero-order chi connectivity index (χ0) is 26.7. The van der Waals surface area contributed by atoms with Gasteiger partial charge in [-0.25, -0.2) is 0 Å². The van der Waals surface area contributed by atoms with Gasteiger partial charge in [0.05, 0.1) is 22.8 Å². The number of nitrogens with zero attached hydrogens (tertiary/aromatic N) is 2. The van der Waals surface area contributed by atoms with E-state index in [0.717, 1.165) is 4.88 Å². The smallest absolute Gasteiger partial charge is 0.317 e. The molecule has 4 rings (SSSR count). The summed E-state index contributed by atoms with van der Waals surface area (Å²) in [6.45, 7) is 3.33. The first kappa shape index (κ1) is 27.4. The molecule has 37 heavy (non-hydrogen) atoms. The number of carboxylic acids is 1. The van der Waals surface area contributed by atoms with Crippen molar-refractivity contribution in [3.8, 4) is 11.1 Å². The molecule has 1 fully saturated rings. The summed E-state index contributed by atoms with van der Waals surface area (Å²) in [5, 5.41) is 12.9. The van der Waals surface area contributed by atoms with Gasteiger partial charge in [-0.1, -0.05) is 46.9 Å². The van der Waals surface area contributed by atoms with E-state index < -0.39 is 17.8 Å². The lowest BCUT2D eigenvalue weighted by Crippen LogP contribution is -2.47. The number of carbonyl (C=O) groups is 3. The minimum atomic E-state index is -0.839. The maximum atomic E-state index is 13.3. The number of thiophene rings is 1. The van der Waals surface area contributed by atoms with E-state index in [-0.39, 0.29) is 22.8 Å². The van der Waals surface area contributed by atoms with Crippen molar-refractivity contribution in [3.63, 3.8) is 0 Å². The lowest BCUT2D eigenvalue weighted by atomic mass is 9.99. The fraction of sp³-hybridized carbons (Fsp3) is 0.240. The van der Waals surface area contributed by atoms with E-state index in [1.165, 1.54) is 17.4 Å². The van der Waals surface area contributed by atoms with Crippen molar-refractivity contribution in [1.82, 2.24) is 9.80 Å². The SMILES string of the molecule is NC(=O)c1cc(Cl)cc(-c2ccc(Cl)cc2)c1NC(=O)c1sc(CN2CCN(CC(=O)O)CC2)cc1Cl. The molecule has 194 valence electrons. The van der Waals surface area contributed by atoms with Crippen molar-refractivity contribution >= 4 is 69.6 Å². The number of anilines is 1. The third-order valence-corrected chi connectivity index (χ3v) is 7.91. The quantitative estimate of drug-likeness (QED) is 0.347. The van der Waals surface area contributed by atoms with Gasteiger partial charge in [-0.15, -0.1) is 11.3 Å². The number of amides is 2. The zero-order valence-corrected chi connectivity index (χ0v) is 22.6. The van der Waals surface area contributed by atoms with Gasteiger partial charge in [0.2, 0.25) is 0 Å². The first-order valence-corrected chi connectivity index (χ1v) is 13.2. The summed E-state index contributed by atoms with van der Waals surface area (Å²) < 4.78 is 0. The fourth-order valence-corrected chi connectivity index (χ4v) is 5.86. The number of piperazine rings is 1. The zero-order valence-electron chi connectivity index (χ0n) is 19.5. The van der Waals surface area contributed by atoms with E-state index in [0.29, 0.717) is 58.8 Å². The van der Waals surface area contributed by atoms with E-state index in [1.54, 1.807) is 36.4 Å². The van der Waals surface area contributed by atoms with E-state index in [9.17, 15) is 14.4 Å². The van der Waals surface area contributed by atoms with Crippen LogP contribution in [-0.2, 0) is 11.3 Å². The molecule has 1 aliphatic heterocycles. The second kappa shape index (κ2) is 11.8. The molecule has 3 aromatic rings. The Hall–Kier alpha value is -2.66. The molecular formula is C25H23Cl3N4O4S. The highest BCUT2D eigenvalue weighted by Gasteiger charge is 2.24. The Kier molecular flexibility index (Phi) is 8.74. The molecule has 2 aromatic carbocycles. The topological polar surface area (TPSA) is 116 Å². The lowest BCUT2D eigenvalue weighted by molar-refractivity contribution is -0.138. The van der Waals surface area contributed by atoms with Crippen LogP contribution in [0.1, 0.15) is 24.9 Å². The molecule has 1 aromatic heterocycles. The van der Waals surface area contributed by atoms with Crippen LogP contribution in [0.4, 0.5) is 5.69 Å². The van der Waals surface area contributed by atoms with E-state index >= 15 is 0 Å². The van der Waals surface area contributed by atoms with Crippen LogP contribution >= 0.6 is 46.1 Å². The standard InChI is InChI=1S/C25H23Cl3N4O4S/c26-15-3-1-14(2-4-15)18-9-16(27)10-19(24(29)35)22(18)30-25(36)23-20(28)11-17(37-23)12-31-5-7-32(8-6-31)13-21(33)34/h1-4,9-11H,5-8,12-13H2,(H2,29,35)(H,30,36)(H,33,34). The van der Waals surface area contributed by atoms with Gasteiger partial charge >= 0.3 is 5.97 Å². The minimum Gasteiger partial charge on any atom is -0.480 e. The Morgan fingerprint density at radius 1 is 0.946 bits per heavy atom. The average molecular weight is 582 g/mol. The van der Waals surface area contributed by atoms with Crippen LogP contribution in [-0.4, -0.2) is 65.4 Å². The van der Waals surface area contributed by atoms with Crippen molar-refractivity contribution in [3.05, 3.63) is 72.9 Å². The lowest BCUT2D eigenvalue weighted by Gasteiger charge is -2.33. The van der Waals surface area contributed by atoms with E-state index in [1.807, 2.05) is 4.90 Å². The Bertz CT molecular complexity index is 1340. The maximum absolute atomic E-state index is 13.3. The molecule has 2 heterocycles. The Labute approximate surface area is 232 Å². The first-order chi connectivity index (χ1) is 17.6. The maximum Gasteiger partial charge on any atom is 0.317 e. The number of carbonyl (C=O) groups excluding carboxylic acids is 2. The predicted molar refractivity (Wildman–Crippen MR) is 147 cm³/mol. The normalized spacial score (nSPS) is 14.5. The molecule has 4 N–H and O–H groups in total. The number of benzene rings is 2. The second-order valence-electron chi connectivity index (χ2n) is 8.54. The van der Waals surface area contributed by atoms with Gasteiger partial charge in [0, 0.05) is 53.2 Å². The van der Waals surface area contributed by atoms with Gasteiger partial charge in [-0.3, -0.25) is 24.2 Å². The number of primary amides is 1. The Morgan fingerprint density at radius 3 is 2.22 bits per heavy atom. The summed E-state index contributed by atoms with van der Waals surface area (Å²) in [6, 6.07) is 11.7. The number of rotatable bonds is 8. The summed E-state index contributed by atoms with van der Waals surface area (Å²) in [4.78, 5) is 41.7. The van der Waals surface area contributed by atoms with Crippen LogP contribution in [0, 0.1) is 0 Å². The molecular weight excluding hydrogens is 559 g/mol. The predicted octanol–water partition coefficient (Wildman–Crippen LogP) is 4.93. The van der Waals surface area contributed by atoms with Crippen molar-refractivity contribution in [2.75, 3.05) is 38.0 Å². The number of hydrogen-bond acceptors (Lipinski definition) is 6. The highest BCUT2D eigenvalue weighted by Crippen LogP contribution is 2.36. The van der Waals surface area contributed by atoms with Gasteiger partial charge in [0.1, 0.15) is 4.88 Å². The summed E-state index contributed by atoms with van der Waals surface area (Å²) >= 11 is 20.0. The summed E-state index contributed by atoms with van der Waals surface area (Å²) in [5.41, 5.74) is 7.10. The van der Waals surface area contributed by atoms with E-state index in [2.05, 4.69) is 10.2 Å². The molecule has 0 bridgehead atoms. The minimum absolute atomic E-state index is 0.0268. The monoisotopic (exact) mass is 580 g/mol. The van der Waals surface area contributed by atoms with Crippen LogP contribution in [0.2, 0.25) is 15.1 Å². The number of aliphatic carboxylic acids is 1. The third kappa shape index (κ3) is 6.81. The molecule has 0 unspecified atom stereocenters. The number of halogens is 3. The summed E-state index contributed by atoms with van der Waals surface area (Å²) in [7, 11) is 0. The van der Waals surface area contributed by atoms with Crippen LogP contribution in [0.25, 0.3) is 11.1 Å². The van der Waals surface area contributed by atoms with Gasteiger partial charge in [-0.05, 0) is 35.9 Å². The molecule has 0 atom stereocenters. The summed E-state index contributed by atoms with van der Waals surface area (Å²) in [5.74, 6) is -2.06. The molecule has 12 heteroatoms. The molecule has 2 amide bonds. The molecule has 1 saturated heterocycles.